The quantitative estimate of drug-likeness (QED) is 0.106. The molecule has 0 aromatic heterocycles. The van der Waals surface area contributed by atoms with Crippen LogP contribution in [-0.2, 0) is 19.1 Å². The predicted molar refractivity (Wildman–Crippen MR) is 116 cm³/mol. The Hall–Kier alpha value is -1.55. The molecule has 0 bridgehead atoms. The summed E-state index contributed by atoms with van der Waals surface area (Å²) in [6, 6.07) is -1.51. The van der Waals surface area contributed by atoms with Crippen LogP contribution < -0.4 is 10.6 Å². The van der Waals surface area contributed by atoms with Gasteiger partial charge in [0, 0.05) is 18.6 Å². The van der Waals surface area contributed by atoms with Crippen molar-refractivity contribution in [1.29, 1.82) is 0 Å². The fraction of sp³-hybridized carbons (Fsp3) is 0.737. The molecule has 1 heterocycles. The van der Waals surface area contributed by atoms with Gasteiger partial charge >= 0.3 is 11.9 Å². The van der Waals surface area contributed by atoms with E-state index >= 15 is 0 Å². The summed E-state index contributed by atoms with van der Waals surface area (Å²) in [6.45, 7) is 4.33. The molecule has 1 fully saturated rings. The van der Waals surface area contributed by atoms with E-state index in [1.807, 2.05) is 0 Å². The first kappa shape index (κ1) is 25.5. The summed E-state index contributed by atoms with van der Waals surface area (Å²) >= 11 is 4.14. The maximum absolute atomic E-state index is 12.2. The molecule has 0 unspecified atom stereocenters. The average Bonchev–Trinajstić information content (AvgIpc) is 3.47. The number of carbonyl (C=O) groups is 3. The summed E-state index contributed by atoms with van der Waals surface area (Å²) in [4.78, 5) is 34.4. The number of unbranched alkanes of at least 4 members (excludes halogenated alkanes) is 1. The molecule has 0 saturated carbocycles. The van der Waals surface area contributed by atoms with Crippen LogP contribution in [0.4, 0.5) is 0 Å². The molecule has 8 nitrogen and oxygen atoms in total. The van der Waals surface area contributed by atoms with Crippen LogP contribution in [0.2, 0.25) is 0 Å². The highest BCUT2D eigenvalue weighted by atomic mass is 33.1. The number of rotatable bonds is 16. The third kappa shape index (κ3) is 11.3. The Bertz CT molecular complexity index is 593. The second-order valence-corrected chi connectivity index (χ2v) is 8.80. The molecule has 3 atom stereocenters. The maximum Gasteiger partial charge on any atom is 0.326 e. The fourth-order valence-corrected chi connectivity index (χ4v) is 3.74. The Morgan fingerprint density at radius 3 is 2.34 bits per heavy atom. The largest absolute Gasteiger partial charge is 0.484 e. The second kappa shape index (κ2) is 13.6. The van der Waals surface area contributed by atoms with E-state index < -0.39 is 24.0 Å². The first-order valence-electron chi connectivity index (χ1n) is 9.87. The molecule has 10 heteroatoms. The number of hydrogen-bond donors (Lipinski definition) is 5. The van der Waals surface area contributed by atoms with Crippen LogP contribution in [0.3, 0.4) is 0 Å². The van der Waals surface area contributed by atoms with Crippen molar-refractivity contribution in [3.8, 4) is 0 Å². The number of hydrogen-bond acceptors (Lipinski definition) is 7. The number of carboxylic acids is 2. The number of carboxylic acid groups (broad SMARTS) is 2. The van der Waals surface area contributed by atoms with Gasteiger partial charge in [-0.15, -0.1) is 11.7 Å². The monoisotopic (exact) mass is 448 g/mol. The maximum atomic E-state index is 12.2. The molecule has 1 aliphatic heterocycles. The normalized spacial score (nSPS) is 17.5. The zero-order valence-electron chi connectivity index (χ0n) is 17.0. The van der Waals surface area contributed by atoms with Gasteiger partial charge in [-0.1, -0.05) is 30.6 Å². The van der Waals surface area contributed by atoms with Gasteiger partial charge in [0.2, 0.25) is 5.91 Å². The summed E-state index contributed by atoms with van der Waals surface area (Å²) in [5.41, 5.74) is 0.494. The molecular formula is C19H32N2O6S2. The van der Waals surface area contributed by atoms with E-state index in [0.717, 1.165) is 31.4 Å². The van der Waals surface area contributed by atoms with Crippen molar-refractivity contribution in [2.45, 2.75) is 70.9 Å². The first-order chi connectivity index (χ1) is 13.7. The molecule has 4 N–H and O–H groups in total. The zero-order chi connectivity index (χ0) is 21.8. The Morgan fingerprint density at radius 2 is 1.79 bits per heavy atom. The van der Waals surface area contributed by atoms with E-state index in [1.54, 1.807) is 17.7 Å². The highest BCUT2D eigenvalue weighted by molar-refractivity contribution is 8.68. The van der Waals surface area contributed by atoms with E-state index in [9.17, 15) is 19.5 Å². The Balaban J connectivity index is 2.45. The van der Waals surface area contributed by atoms with Gasteiger partial charge in [-0.25, -0.2) is 4.79 Å². The zero-order valence-corrected chi connectivity index (χ0v) is 18.7. The number of amides is 1. The van der Waals surface area contributed by atoms with Gasteiger partial charge in [-0.2, -0.15) is 0 Å². The van der Waals surface area contributed by atoms with Gasteiger partial charge in [0.15, 0.2) is 5.76 Å². The molecule has 29 heavy (non-hydrogen) atoms. The summed E-state index contributed by atoms with van der Waals surface area (Å²) in [5, 5.41) is 23.8. The first-order valence-corrected chi connectivity index (χ1v) is 11.9. The number of ether oxygens (including phenoxy) is 1. The molecule has 166 valence electrons. The molecule has 1 rings (SSSR count). The van der Waals surface area contributed by atoms with Gasteiger partial charge in [-0.05, 0) is 32.1 Å². The molecule has 0 spiro atoms. The molecule has 0 aromatic rings. The van der Waals surface area contributed by atoms with Crippen molar-refractivity contribution >= 4 is 40.3 Å². The standard InChI is InChI=1S/C19H32N2O6S2/c1-12(9-10-29-28)5-3-4-6-16(22)20-13(2)18(15-11-27-15)21-14(19(25)26)7-8-17(23)24/h12-14,21,28H,3-11H2,1-2H3,(H,20,22)(H,23,24)(H,25,26)/b18-15+/t12-,13+,14+/m1/s1. The summed E-state index contributed by atoms with van der Waals surface area (Å²) < 4.78 is 5.19. The average molecular weight is 449 g/mol. The summed E-state index contributed by atoms with van der Waals surface area (Å²) in [7, 11) is 1.55. The summed E-state index contributed by atoms with van der Waals surface area (Å²) in [6.07, 6.45) is 4.04. The third-order valence-electron chi connectivity index (χ3n) is 4.73. The van der Waals surface area contributed by atoms with Crippen LogP contribution in [-0.4, -0.2) is 52.5 Å². The van der Waals surface area contributed by atoms with Gasteiger partial charge in [0.25, 0.3) is 0 Å². The summed E-state index contributed by atoms with van der Waals surface area (Å²) in [5.74, 6) is -0.0744. The predicted octanol–water partition coefficient (Wildman–Crippen LogP) is 2.81. The Labute approximate surface area is 181 Å². The lowest BCUT2D eigenvalue weighted by Crippen LogP contribution is -2.44. The minimum atomic E-state index is -1.14. The smallest absolute Gasteiger partial charge is 0.326 e. The lowest BCUT2D eigenvalue weighted by molar-refractivity contribution is -0.140. The lowest BCUT2D eigenvalue weighted by Gasteiger charge is -2.22. The van der Waals surface area contributed by atoms with Gasteiger partial charge in [-0.3, -0.25) is 9.59 Å². The van der Waals surface area contributed by atoms with E-state index in [1.165, 1.54) is 0 Å². The number of thiol groups is 1. The van der Waals surface area contributed by atoms with Crippen molar-refractivity contribution < 1.29 is 29.3 Å². The van der Waals surface area contributed by atoms with Crippen LogP contribution in [0, 0.1) is 5.92 Å². The number of nitrogens with one attached hydrogen (secondary N) is 2. The van der Waals surface area contributed by atoms with Crippen molar-refractivity contribution in [1.82, 2.24) is 10.6 Å². The molecule has 0 radical (unpaired) electrons. The molecule has 1 aliphatic rings. The molecule has 1 amide bonds. The van der Waals surface area contributed by atoms with Crippen LogP contribution in [0.25, 0.3) is 0 Å². The number of epoxide rings is 1. The van der Waals surface area contributed by atoms with Crippen LogP contribution in [0.1, 0.15) is 58.8 Å². The highest BCUT2D eigenvalue weighted by Gasteiger charge is 2.29. The minimum Gasteiger partial charge on any atom is -0.484 e. The van der Waals surface area contributed by atoms with Gasteiger partial charge < -0.3 is 25.6 Å². The molecule has 1 saturated heterocycles. The Morgan fingerprint density at radius 1 is 1.10 bits per heavy atom. The van der Waals surface area contributed by atoms with E-state index in [-0.39, 0.29) is 18.7 Å². The third-order valence-corrected chi connectivity index (χ3v) is 5.69. The second-order valence-electron chi connectivity index (χ2n) is 7.36. The lowest BCUT2D eigenvalue weighted by atomic mass is 10.0. The van der Waals surface area contributed by atoms with Crippen molar-refractivity contribution in [2.75, 3.05) is 12.4 Å². The number of aliphatic carboxylic acids is 2. The van der Waals surface area contributed by atoms with Crippen molar-refractivity contribution in [2.24, 2.45) is 5.92 Å². The topological polar surface area (TPSA) is 128 Å². The molecular weight excluding hydrogens is 416 g/mol. The van der Waals surface area contributed by atoms with Crippen molar-refractivity contribution in [3.63, 3.8) is 0 Å². The Kier molecular flexibility index (Phi) is 12.0. The van der Waals surface area contributed by atoms with Crippen LogP contribution in [0.15, 0.2) is 11.5 Å². The molecule has 0 aliphatic carbocycles. The van der Waals surface area contributed by atoms with Crippen LogP contribution >= 0.6 is 22.5 Å². The van der Waals surface area contributed by atoms with E-state index in [4.69, 9.17) is 9.84 Å². The van der Waals surface area contributed by atoms with E-state index in [2.05, 4.69) is 29.2 Å². The highest BCUT2D eigenvalue weighted by Crippen LogP contribution is 2.22. The van der Waals surface area contributed by atoms with E-state index in [0.29, 0.717) is 30.4 Å². The fourth-order valence-electron chi connectivity index (χ4n) is 2.91. The minimum absolute atomic E-state index is 0.0635. The van der Waals surface area contributed by atoms with Crippen LogP contribution in [0.5, 0.6) is 0 Å². The number of carbonyl (C=O) groups excluding carboxylic acids is 1. The van der Waals surface area contributed by atoms with Crippen molar-refractivity contribution in [3.05, 3.63) is 11.5 Å². The van der Waals surface area contributed by atoms with Gasteiger partial charge in [0.1, 0.15) is 12.6 Å². The van der Waals surface area contributed by atoms with Gasteiger partial charge in [0.05, 0.1) is 11.7 Å². The molecule has 0 aromatic carbocycles. The SMILES string of the molecule is C[C@H](CCCCC(=O)N[C@@H](C)/C(N[C@@H](CCC(=O)O)C(=O)O)=C1/CO1)CCSS.